The highest BCUT2D eigenvalue weighted by atomic mass is 31.2. The molecule has 0 saturated heterocycles. The first-order valence-corrected chi connectivity index (χ1v) is 13.2. The molecule has 0 amide bonds. The minimum Gasteiger partial charge on any atom is -0.457 e. The Bertz CT molecular complexity index is 1500. The maximum Gasteiger partial charge on any atom is 0.174 e. The quantitative estimate of drug-likeness (QED) is 0.213. The summed E-state index contributed by atoms with van der Waals surface area (Å²) in [5.74, 6) is 2.15. The number of hydrogen-bond donors (Lipinski definition) is 2. The molecule has 4 N–H and O–H groups in total. The zero-order valence-electron chi connectivity index (χ0n) is 19.5. The van der Waals surface area contributed by atoms with Gasteiger partial charge < -0.3 is 25.5 Å². The van der Waals surface area contributed by atoms with Crippen LogP contribution in [0, 0.1) is 0 Å². The van der Waals surface area contributed by atoms with Gasteiger partial charge in [-0.3, -0.25) is 0 Å². The molecule has 0 aliphatic carbocycles. The first kappa shape index (κ1) is 23.3. The average Bonchev–Trinajstić information content (AvgIpc) is 2.90. The molecule has 5 rings (SSSR count). The van der Waals surface area contributed by atoms with Gasteiger partial charge >= 0.3 is 0 Å². The van der Waals surface area contributed by atoms with E-state index in [-0.39, 0.29) is 0 Å². The van der Waals surface area contributed by atoms with Crippen LogP contribution in [0.4, 0.5) is 11.4 Å². The van der Waals surface area contributed by atoms with E-state index in [9.17, 15) is 4.57 Å². The van der Waals surface area contributed by atoms with Gasteiger partial charge in [0, 0.05) is 40.2 Å². The van der Waals surface area contributed by atoms with Crippen molar-refractivity contribution in [3.05, 3.63) is 127 Å². The third kappa shape index (κ3) is 4.83. The Labute approximate surface area is 210 Å². The van der Waals surface area contributed by atoms with E-state index >= 15 is 0 Å². The topological polar surface area (TPSA) is 87.6 Å². The monoisotopic (exact) mass is 492 g/mol. The van der Waals surface area contributed by atoms with Crippen LogP contribution in [-0.2, 0) is 4.57 Å². The fraction of sp³-hybridized carbons (Fsp3) is 0. The number of anilines is 2. The van der Waals surface area contributed by atoms with E-state index in [4.69, 9.17) is 20.9 Å². The average molecular weight is 493 g/mol. The second-order valence-corrected chi connectivity index (χ2v) is 11.0. The van der Waals surface area contributed by atoms with Crippen molar-refractivity contribution in [2.45, 2.75) is 0 Å². The minimum absolute atomic E-state index is 0.423. The van der Waals surface area contributed by atoms with E-state index in [0.717, 1.165) is 0 Å². The van der Waals surface area contributed by atoms with Crippen LogP contribution >= 0.6 is 7.14 Å². The fourth-order valence-corrected chi connectivity index (χ4v) is 6.76. The Morgan fingerprint density at radius 1 is 0.500 bits per heavy atom. The van der Waals surface area contributed by atoms with Gasteiger partial charge in [0.05, 0.1) is 5.30 Å². The normalized spacial score (nSPS) is 11.1. The van der Waals surface area contributed by atoms with Crippen molar-refractivity contribution in [2.24, 2.45) is 0 Å². The third-order valence-corrected chi connectivity index (χ3v) is 8.79. The molecular weight excluding hydrogens is 467 g/mol. The Morgan fingerprint density at radius 3 is 1.64 bits per heavy atom. The summed E-state index contributed by atoms with van der Waals surface area (Å²) in [6, 6.07) is 38.6. The molecular formula is C30H25N2O3P. The summed E-state index contributed by atoms with van der Waals surface area (Å²) in [5.41, 5.74) is 13.1. The van der Waals surface area contributed by atoms with Gasteiger partial charge in [0.2, 0.25) is 0 Å². The molecule has 0 aromatic heterocycles. The van der Waals surface area contributed by atoms with Gasteiger partial charge in [-0.15, -0.1) is 0 Å². The van der Waals surface area contributed by atoms with Crippen LogP contribution in [0.2, 0.25) is 0 Å². The van der Waals surface area contributed by atoms with E-state index in [0.29, 0.717) is 50.3 Å². The number of benzene rings is 5. The molecule has 0 unspecified atom stereocenters. The van der Waals surface area contributed by atoms with Crippen LogP contribution in [0.25, 0.3) is 0 Å². The van der Waals surface area contributed by atoms with Crippen molar-refractivity contribution >= 4 is 34.4 Å². The SMILES string of the molecule is Nc1cccc(Oc2cccc(Oc3cc(N)ccc3P(=O)(c3ccccc3)c3ccccc3)c2)c1. The van der Waals surface area contributed by atoms with Crippen LogP contribution in [-0.4, -0.2) is 0 Å². The molecule has 36 heavy (non-hydrogen) atoms. The summed E-state index contributed by atoms with van der Waals surface area (Å²) in [7, 11) is -3.27. The fourth-order valence-electron chi connectivity index (χ4n) is 4.02. The highest BCUT2D eigenvalue weighted by Crippen LogP contribution is 2.46. The lowest BCUT2D eigenvalue weighted by Crippen LogP contribution is -2.26. The van der Waals surface area contributed by atoms with Crippen molar-refractivity contribution < 1.29 is 14.0 Å². The molecule has 178 valence electrons. The minimum atomic E-state index is -3.27. The highest BCUT2D eigenvalue weighted by Gasteiger charge is 2.33. The van der Waals surface area contributed by atoms with Crippen molar-refractivity contribution in [3.8, 4) is 23.0 Å². The van der Waals surface area contributed by atoms with Crippen molar-refractivity contribution in [2.75, 3.05) is 11.5 Å². The first-order chi connectivity index (χ1) is 17.5. The second-order valence-electron chi connectivity index (χ2n) is 8.26. The molecule has 0 saturated carbocycles. The zero-order valence-corrected chi connectivity index (χ0v) is 20.3. The molecule has 5 aromatic rings. The predicted molar refractivity (Wildman–Crippen MR) is 148 cm³/mol. The molecule has 5 aromatic carbocycles. The number of hydrogen-bond acceptors (Lipinski definition) is 5. The van der Waals surface area contributed by atoms with E-state index in [1.165, 1.54) is 0 Å². The lowest BCUT2D eigenvalue weighted by Gasteiger charge is -2.23. The number of ether oxygens (including phenoxy) is 2. The van der Waals surface area contributed by atoms with Crippen molar-refractivity contribution in [1.82, 2.24) is 0 Å². The third-order valence-electron chi connectivity index (χ3n) is 5.69. The Kier molecular flexibility index (Phi) is 6.48. The predicted octanol–water partition coefficient (Wildman–Crippen LogP) is 6.08. The van der Waals surface area contributed by atoms with Crippen LogP contribution in [0.5, 0.6) is 23.0 Å². The van der Waals surface area contributed by atoms with Gasteiger partial charge in [0.1, 0.15) is 23.0 Å². The van der Waals surface area contributed by atoms with E-state index < -0.39 is 7.14 Å². The molecule has 0 atom stereocenters. The van der Waals surface area contributed by atoms with Crippen LogP contribution in [0.1, 0.15) is 0 Å². The summed E-state index contributed by atoms with van der Waals surface area (Å²) in [4.78, 5) is 0. The number of nitrogen functional groups attached to an aromatic ring is 2. The van der Waals surface area contributed by atoms with Gasteiger partial charge in [-0.2, -0.15) is 0 Å². The van der Waals surface area contributed by atoms with Gasteiger partial charge in [-0.05, 0) is 36.4 Å². The van der Waals surface area contributed by atoms with Crippen molar-refractivity contribution in [1.29, 1.82) is 0 Å². The molecule has 5 nitrogen and oxygen atoms in total. The Balaban J connectivity index is 1.57. The maximum absolute atomic E-state index is 14.9. The highest BCUT2D eigenvalue weighted by molar-refractivity contribution is 7.85. The summed E-state index contributed by atoms with van der Waals surface area (Å²) in [6.45, 7) is 0. The number of rotatable bonds is 7. The van der Waals surface area contributed by atoms with Gasteiger partial charge in [0.15, 0.2) is 7.14 Å². The summed E-state index contributed by atoms with van der Waals surface area (Å²) >= 11 is 0. The van der Waals surface area contributed by atoms with E-state index in [2.05, 4.69) is 0 Å². The number of nitrogens with two attached hydrogens (primary N) is 2. The molecule has 0 fully saturated rings. The van der Waals surface area contributed by atoms with E-state index in [1.54, 1.807) is 36.4 Å². The lowest BCUT2D eigenvalue weighted by atomic mass is 10.3. The maximum atomic E-state index is 14.9. The molecule has 6 heteroatoms. The van der Waals surface area contributed by atoms with E-state index in [1.807, 2.05) is 91.0 Å². The van der Waals surface area contributed by atoms with Crippen LogP contribution in [0.15, 0.2) is 127 Å². The summed E-state index contributed by atoms with van der Waals surface area (Å²) in [6.07, 6.45) is 0. The van der Waals surface area contributed by atoms with Crippen molar-refractivity contribution in [3.63, 3.8) is 0 Å². The Hall–Kier alpha value is -4.47. The smallest absolute Gasteiger partial charge is 0.174 e. The molecule has 0 aliphatic heterocycles. The van der Waals surface area contributed by atoms with Gasteiger partial charge in [-0.1, -0.05) is 72.8 Å². The molecule has 0 radical (unpaired) electrons. The molecule has 0 bridgehead atoms. The van der Waals surface area contributed by atoms with Gasteiger partial charge in [-0.25, -0.2) is 0 Å². The standard InChI is InChI=1S/C30H25N2O3P/c31-22-9-7-10-24(19-22)34-25-11-8-12-26(21-25)35-29-20-23(32)17-18-30(29)36(33,27-13-3-1-4-14-27)28-15-5-2-6-16-28/h1-21H,31-32H2. The molecule has 0 spiro atoms. The largest absolute Gasteiger partial charge is 0.457 e. The van der Waals surface area contributed by atoms with Crippen LogP contribution < -0.4 is 36.9 Å². The van der Waals surface area contributed by atoms with Crippen LogP contribution in [0.3, 0.4) is 0 Å². The lowest BCUT2D eigenvalue weighted by molar-refractivity contribution is 0.462. The zero-order chi connectivity index (χ0) is 25.0. The Morgan fingerprint density at radius 2 is 1.03 bits per heavy atom. The summed E-state index contributed by atoms with van der Waals surface area (Å²) in [5, 5.41) is 1.99. The summed E-state index contributed by atoms with van der Waals surface area (Å²) < 4.78 is 27.2. The molecule has 0 heterocycles. The second kappa shape index (κ2) is 10.0. The molecule has 0 aliphatic rings. The first-order valence-electron chi connectivity index (χ1n) is 11.4. The van der Waals surface area contributed by atoms with Gasteiger partial charge in [0.25, 0.3) is 0 Å².